The number of carbonyl (C=O) groups excluding carboxylic acids is 6. The fraction of sp³-hybridized carbons (Fsp3) is 0.473. The lowest BCUT2D eigenvalue weighted by molar-refractivity contribution is -0.155. The van der Waals surface area contributed by atoms with Crippen LogP contribution < -0.4 is 28.4 Å². The van der Waals surface area contributed by atoms with E-state index < -0.39 is 47.5 Å². The van der Waals surface area contributed by atoms with Crippen LogP contribution in [0.2, 0.25) is 0 Å². The summed E-state index contributed by atoms with van der Waals surface area (Å²) in [6.45, 7) is 8.52. The number of nitrogens with zero attached hydrogens (tertiary/aromatic N) is 2. The number of hydrogen-bond acceptors (Lipinski definition) is 18. The Hall–Kier alpha value is -7.21. The van der Waals surface area contributed by atoms with Gasteiger partial charge in [0.05, 0.1) is 55.7 Å². The minimum absolute atomic E-state index is 0.00677. The molecule has 73 heavy (non-hydrogen) atoms. The first kappa shape index (κ1) is 56.7. The summed E-state index contributed by atoms with van der Waals surface area (Å²) in [4.78, 5) is 79.9. The van der Waals surface area contributed by atoms with E-state index in [1.165, 1.54) is 23.2 Å². The molecule has 0 saturated heterocycles. The van der Waals surface area contributed by atoms with Crippen LogP contribution in [-0.4, -0.2) is 92.5 Å². The number of rotatable bonds is 28. The number of esters is 6. The molecule has 0 unspecified atom stereocenters. The third kappa shape index (κ3) is 19.7. The van der Waals surface area contributed by atoms with E-state index in [0.717, 1.165) is 63.5 Å². The zero-order chi connectivity index (χ0) is 52.4. The van der Waals surface area contributed by atoms with Crippen molar-refractivity contribution in [3.05, 3.63) is 97.6 Å². The Morgan fingerprint density at radius 1 is 0.507 bits per heavy atom. The van der Waals surface area contributed by atoms with E-state index in [0.29, 0.717) is 101 Å². The van der Waals surface area contributed by atoms with Crippen molar-refractivity contribution in [2.24, 2.45) is 28.8 Å². The smallest absolute Gasteiger partial charge is 0.330 e. The van der Waals surface area contributed by atoms with Crippen molar-refractivity contribution in [2.75, 3.05) is 40.5 Å². The van der Waals surface area contributed by atoms with E-state index >= 15 is 0 Å². The maximum Gasteiger partial charge on any atom is 0.330 e. The van der Waals surface area contributed by atoms with E-state index in [4.69, 9.17) is 37.9 Å². The van der Waals surface area contributed by atoms with Gasteiger partial charge in [0, 0.05) is 26.2 Å². The molecule has 2 fully saturated rings. The molecular formula is C55H68N2O16. The molecule has 1 N–H and O–H groups in total. The zero-order valence-corrected chi connectivity index (χ0v) is 41.8. The van der Waals surface area contributed by atoms with Crippen molar-refractivity contribution in [3.8, 4) is 34.5 Å². The molecule has 2 aliphatic rings. The van der Waals surface area contributed by atoms with Crippen molar-refractivity contribution >= 4 is 41.7 Å². The minimum Gasteiger partial charge on any atom is -0.494 e. The van der Waals surface area contributed by atoms with Crippen molar-refractivity contribution in [3.63, 3.8) is 0 Å². The molecule has 3 aromatic carbocycles. The van der Waals surface area contributed by atoms with E-state index in [1.807, 2.05) is 0 Å². The predicted octanol–water partition coefficient (Wildman–Crippen LogP) is 9.37. The highest BCUT2D eigenvalue weighted by molar-refractivity contribution is 5.98. The molecule has 0 aliphatic heterocycles. The predicted molar refractivity (Wildman–Crippen MR) is 267 cm³/mol. The highest BCUT2D eigenvalue weighted by Crippen LogP contribution is 2.35. The summed E-state index contributed by atoms with van der Waals surface area (Å²) in [5, 5.41) is 15.4. The number of ether oxygens (including phenoxy) is 8. The van der Waals surface area contributed by atoms with Gasteiger partial charge in [-0.3, -0.25) is 24.2 Å². The Kier molecular flexibility index (Phi) is 23.8. The van der Waals surface area contributed by atoms with Gasteiger partial charge in [-0.15, -0.1) is 5.10 Å². The first-order chi connectivity index (χ1) is 35.3. The van der Waals surface area contributed by atoms with Gasteiger partial charge in [-0.05, 0) is 169 Å². The van der Waals surface area contributed by atoms with Gasteiger partial charge in [0.25, 0.3) is 5.90 Å². The number of hydrogen-bond donors (Lipinski definition) is 1. The number of benzene rings is 3. The molecule has 394 valence electrons. The van der Waals surface area contributed by atoms with Gasteiger partial charge in [-0.2, -0.15) is 0 Å². The van der Waals surface area contributed by atoms with Crippen LogP contribution in [0.4, 0.5) is 0 Å². The first-order valence-corrected chi connectivity index (χ1v) is 25.0. The molecule has 0 atom stereocenters. The van der Waals surface area contributed by atoms with Gasteiger partial charge in [-0.25, -0.2) is 14.8 Å². The maximum atomic E-state index is 13.5. The lowest BCUT2D eigenvalue weighted by atomic mass is 9.82. The molecule has 2 aliphatic carbocycles. The van der Waals surface area contributed by atoms with E-state index in [2.05, 4.69) is 23.1 Å². The molecule has 18 heteroatoms. The molecule has 3 aromatic rings. The van der Waals surface area contributed by atoms with Crippen molar-refractivity contribution in [1.29, 1.82) is 0 Å². The molecule has 0 spiro atoms. The van der Waals surface area contributed by atoms with Crippen LogP contribution >= 0.6 is 0 Å². The SMILES string of the molecule is C=CC(=O)OCCCCCCOc1ccc(OC(=O)C2CCC(C(=O)Oc3ccc(OC(=O)C4CCC(C(=O)Oc5ccc(OCCCCCCOC(=O)C=C)cc5)CC4)c(/C(=N/N(C)C)OO)c3)CC2)cc1. The number of hydrazone groups is 1. The van der Waals surface area contributed by atoms with Crippen LogP contribution in [0, 0.1) is 23.7 Å². The van der Waals surface area contributed by atoms with Crippen LogP contribution in [0.15, 0.2) is 97.1 Å². The lowest BCUT2D eigenvalue weighted by Gasteiger charge is -2.26. The normalized spacial score (nSPS) is 17.4. The highest BCUT2D eigenvalue weighted by Gasteiger charge is 2.34. The summed E-state index contributed by atoms with van der Waals surface area (Å²) in [6.07, 6.45) is 12.4. The molecule has 18 nitrogen and oxygen atoms in total. The van der Waals surface area contributed by atoms with Crippen molar-refractivity contribution < 1.29 is 76.8 Å². The van der Waals surface area contributed by atoms with Gasteiger partial charge in [0.1, 0.15) is 34.5 Å². The van der Waals surface area contributed by atoms with E-state index in [9.17, 15) is 34.0 Å². The average Bonchev–Trinajstić information content (AvgIpc) is 3.40. The average molecular weight is 1010 g/mol. The summed E-state index contributed by atoms with van der Waals surface area (Å²) < 4.78 is 44.5. The van der Waals surface area contributed by atoms with E-state index in [1.54, 1.807) is 62.6 Å². The number of unbranched alkanes of at least 4 members (excludes halogenated alkanes) is 6. The van der Waals surface area contributed by atoms with Crippen LogP contribution in [0.5, 0.6) is 34.5 Å². The monoisotopic (exact) mass is 1010 g/mol. The molecule has 0 radical (unpaired) electrons. The van der Waals surface area contributed by atoms with Crippen LogP contribution in [0.25, 0.3) is 0 Å². The summed E-state index contributed by atoms with van der Waals surface area (Å²) in [7, 11) is 3.20. The van der Waals surface area contributed by atoms with Crippen molar-refractivity contribution in [1.82, 2.24) is 5.01 Å². The second-order valence-electron chi connectivity index (χ2n) is 18.0. The molecule has 5 rings (SSSR count). The van der Waals surface area contributed by atoms with Crippen molar-refractivity contribution in [2.45, 2.75) is 103 Å². The highest BCUT2D eigenvalue weighted by atomic mass is 17.1. The molecule has 0 aromatic heterocycles. The Morgan fingerprint density at radius 3 is 1.22 bits per heavy atom. The van der Waals surface area contributed by atoms with Crippen LogP contribution in [0.3, 0.4) is 0 Å². The Balaban J connectivity index is 1.03. The van der Waals surface area contributed by atoms with Gasteiger partial charge in [0.2, 0.25) is 0 Å². The topological polar surface area (TPSA) is 221 Å². The Labute approximate surface area is 426 Å². The Morgan fingerprint density at radius 2 is 0.849 bits per heavy atom. The maximum absolute atomic E-state index is 13.5. The quantitative estimate of drug-likeness (QED) is 0.0105. The second kappa shape index (κ2) is 30.6. The molecule has 0 amide bonds. The zero-order valence-electron chi connectivity index (χ0n) is 41.8. The summed E-state index contributed by atoms with van der Waals surface area (Å²) >= 11 is 0. The summed E-state index contributed by atoms with van der Waals surface area (Å²) in [6, 6.07) is 17.9. The van der Waals surface area contributed by atoms with Crippen LogP contribution in [0.1, 0.15) is 108 Å². The van der Waals surface area contributed by atoms with Gasteiger partial charge in [-0.1, -0.05) is 13.2 Å². The fourth-order valence-electron chi connectivity index (χ4n) is 8.22. The second-order valence-corrected chi connectivity index (χ2v) is 18.0. The van der Waals surface area contributed by atoms with E-state index in [-0.39, 0.29) is 34.9 Å². The molecule has 2 saturated carbocycles. The van der Waals surface area contributed by atoms with Crippen LogP contribution in [-0.2, 0) is 43.1 Å². The minimum atomic E-state index is -0.549. The summed E-state index contributed by atoms with van der Waals surface area (Å²) in [5.41, 5.74) is 0.0488. The lowest BCUT2D eigenvalue weighted by Crippen LogP contribution is -2.31. The summed E-state index contributed by atoms with van der Waals surface area (Å²) in [5.74, 6) is -2.64. The van der Waals surface area contributed by atoms with Gasteiger partial charge >= 0.3 is 35.8 Å². The molecular weight excluding hydrogens is 945 g/mol. The fourth-order valence-corrected chi connectivity index (χ4v) is 8.22. The molecule has 0 heterocycles. The standard InChI is InChI=1S/C55H68N2O16/c1-5-49(58)67-35-13-9-7-11-33-65-42-23-27-44(28-24-42)69-52(60)38-15-17-40(18-16-38)54(62)71-46-31-32-48(47(37-46)51(73-64)56-57(3)4)72-55(63)41-21-19-39(20-22-41)53(61)70-45-29-25-43(26-30-45)66-34-12-8-10-14-36-68-50(59)6-2/h5-6,23-32,37-41,64H,1-2,7-22,33-36H2,3-4H3/b56-51-. The third-order valence-corrected chi connectivity index (χ3v) is 12.3. The first-order valence-electron chi connectivity index (χ1n) is 25.0. The largest absolute Gasteiger partial charge is 0.494 e. The molecule has 0 bridgehead atoms. The van der Waals surface area contributed by atoms with Gasteiger partial charge < -0.3 is 42.8 Å². The number of carbonyl (C=O) groups is 6. The Bertz CT molecular complexity index is 2310. The van der Waals surface area contributed by atoms with Gasteiger partial charge in [0.15, 0.2) is 0 Å². The third-order valence-electron chi connectivity index (χ3n) is 12.3.